The fourth-order valence-electron chi connectivity index (χ4n) is 6.90. The van der Waals surface area contributed by atoms with Crippen molar-refractivity contribution in [3.8, 4) is 17.9 Å². The van der Waals surface area contributed by atoms with Crippen LogP contribution in [0.5, 0.6) is 5.75 Å². The Labute approximate surface area is 334 Å². The summed E-state index contributed by atoms with van der Waals surface area (Å²) in [7, 11) is -4.87. The molecule has 17 heteroatoms. The van der Waals surface area contributed by atoms with Crippen molar-refractivity contribution in [2.24, 2.45) is 0 Å². The number of fused-ring (bicyclic) bond motifs is 1. The Morgan fingerprint density at radius 1 is 0.947 bits per heavy atom. The fourth-order valence-corrected chi connectivity index (χ4v) is 7.67. The Morgan fingerprint density at radius 2 is 1.58 bits per heavy atom. The maximum absolute atomic E-state index is 14.2. The van der Waals surface area contributed by atoms with Gasteiger partial charge >= 0.3 is 7.82 Å². The van der Waals surface area contributed by atoms with Gasteiger partial charge in [0.25, 0.3) is 0 Å². The van der Waals surface area contributed by atoms with E-state index in [-0.39, 0.29) is 29.4 Å². The van der Waals surface area contributed by atoms with Crippen molar-refractivity contribution in [2.45, 2.75) is 140 Å². The Bertz CT molecular complexity index is 1800. The van der Waals surface area contributed by atoms with Crippen LogP contribution in [0.25, 0.3) is 5.52 Å². The molecule has 1 aliphatic heterocycles. The molecule has 1 unspecified atom stereocenters. The number of aliphatic hydroxyl groups excluding tert-OH is 2. The van der Waals surface area contributed by atoms with Crippen LogP contribution in [0.15, 0.2) is 36.7 Å². The van der Waals surface area contributed by atoms with Crippen molar-refractivity contribution in [1.29, 1.82) is 10.5 Å². The van der Waals surface area contributed by atoms with Gasteiger partial charge in [-0.1, -0.05) is 103 Å². The van der Waals surface area contributed by atoms with Gasteiger partial charge in [-0.3, -0.25) is 9.05 Å². The summed E-state index contributed by atoms with van der Waals surface area (Å²) in [5.74, 6) is -0.607. The second-order valence-corrected chi connectivity index (χ2v) is 16.0. The number of hydrogen-bond donors (Lipinski definition) is 4. The molecular formula is C40H58FN6O9P. The second-order valence-electron chi connectivity index (χ2n) is 14.6. The van der Waals surface area contributed by atoms with Gasteiger partial charge in [0.2, 0.25) is 5.60 Å². The highest BCUT2D eigenvalue weighted by molar-refractivity contribution is 7.47. The summed E-state index contributed by atoms with van der Waals surface area (Å²) in [6.07, 6.45) is 15.1. The van der Waals surface area contributed by atoms with Crippen LogP contribution >= 0.6 is 7.82 Å². The number of anilines is 1. The Kier molecular flexibility index (Phi) is 19.1. The van der Waals surface area contributed by atoms with Crippen LogP contribution in [0.2, 0.25) is 0 Å². The highest BCUT2D eigenvalue weighted by atomic mass is 31.2. The average Bonchev–Trinajstić information content (AvgIpc) is 3.74. The standard InChI is InChI=1S/C40H58FN6O9P/c1-2-3-4-5-6-7-8-9-10-11-12-13-14-15-16-17-20-52-25-33(55-32-22-30(24-42)21-31(41)23-32)26-53-57(50,51)54-27-35-37(48)38(49)40(28-43,56-35)36-19-18-34-39(44)45-29-46-47(34)36/h18-19,21-23,29,33,35,37-38,48-49H,2-17,20,25-27H2,1H3,(H,50,51)(H2,44,45,46)/t33-,35-,37-,38-,40+/m1/s1. The number of aliphatic hydroxyl groups is 2. The number of phosphoric ester groups is 1. The summed E-state index contributed by atoms with van der Waals surface area (Å²) in [5.41, 5.74) is 4.14. The van der Waals surface area contributed by atoms with E-state index in [1.165, 1.54) is 99.8 Å². The molecule has 1 saturated heterocycles. The van der Waals surface area contributed by atoms with Gasteiger partial charge in [-0.2, -0.15) is 15.6 Å². The maximum Gasteiger partial charge on any atom is 0.472 e. The third-order valence-electron chi connectivity index (χ3n) is 10.1. The molecule has 1 fully saturated rings. The van der Waals surface area contributed by atoms with E-state index in [1.807, 2.05) is 12.1 Å². The molecule has 6 atom stereocenters. The SMILES string of the molecule is CCCCCCCCCCCCCCCCCCOC[C@H](COP(=O)(O)OC[C@H]1O[C@@](C#N)(c2ccc3c(N)ncnn23)[C@H](O)[C@@H]1O)Oc1cc(F)cc(C#N)c1. The molecule has 4 rings (SSSR count). The Balaban J connectivity index is 1.20. The van der Waals surface area contributed by atoms with E-state index in [0.717, 1.165) is 44.1 Å². The first kappa shape index (κ1) is 46.0. The van der Waals surface area contributed by atoms with Gasteiger partial charge < -0.3 is 35.1 Å². The molecule has 0 radical (unpaired) electrons. The molecule has 0 bridgehead atoms. The van der Waals surface area contributed by atoms with Crippen LogP contribution in [-0.4, -0.2) is 80.5 Å². The number of aromatic nitrogens is 3. The van der Waals surface area contributed by atoms with E-state index in [0.29, 0.717) is 12.1 Å². The number of nitrogen functional groups attached to an aromatic ring is 1. The minimum absolute atomic E-state index is 0.00547. The minimum Gasteiger partial charge on any atom is -0.485 e. The quantitative estimate of drug-likeness (QED) is 0.0427. The Hall–Kier alpha value is -3.70. The molecule has 0 amide bonds. The molecule has 5 N–H and O–H groups in total. The lowest BCUT2D eigenvalue weighted by molar-refractivity contribution is -0.0651. The predicted octanol–water partition coefficient (Wildman–Crippen LogP) is 7.02. The topological polar surface area (TPSA) is 228 Å². The summed E-state index contributed by atoms with van der Waals surface area (Å²) in [4.78, 5) is 14.4. The first-order valence-corrected chi connectivity index (χ1v) is 21.6. The summed E-state index contributed by atoms with van der Waals surface area (Å²) >= 11 is 0. The molecular weight excluding hydrogens is 758 g/mol. The van der Waals surface area contributed by atoms with Crippen LogP contribution in [0.3, 0.4) is 0 Å². The molecule has 314 valence electrons. The number of rotatable bonds is 28. The lowest BCUT2D eigenvalue weighted by Gasteiger charge is -2.24. The molecule has 1 aliphatic rings. The molecule has 3 aromatic rings. The Morgan fingerprint density at radius 3 is 2.19 bits per heavy atom. The smallest absolute Gasteiger partial charge is 0.472 e. The van der Waals surface area contributed by atoms with Gasteiger partial charge in [0.05, 0.1) is 37.1 Å². The highest BCUT2D eigenvalue weighted by Crippen LogP contribution is 2.46. The molecule has 0 aliphatic carbocycles. The fraction of sp³-hybridized carbons (Fsp3) is 0.650. The van der Waals surface area contributed by atoms with Crippen molar-refractivity contribution >= 4 is 19.2 Å². The highest BCUT2D eigenvalue weighted by Gasteiger charge is 2.58. The van der Waals surface area contributed by atoms with Crippen LogP contribution in [0.1, 0.15) is 121 Å². The molecule has 0 spiro atoms. The first-order valence-electron chi connectivity index (χ1n) is 20.1. The molecule has 2 aromatic heterocycles. The van der Waals surface area contributed by atoms with Crippen molar-refractivity contribution in [3.63, 3.8) is 0 Å². The van der Waals surface area contributed by atoms with E-state index in [4.69, 9.17) is 29.0 Å². The van der Waals surface area contributed by atoms with Crippen LogP contribution in [0, 0.1) is 28.5 Å². The first-order chi connectivity index (χ1) is 27.5. The number of halogens is 1. The number of nitrogens with zero attached hydrogens (tertiary/aromatic N) is 5. The van der Waals surface area contributed by atoms with E-state index < -0.39 is 56.9 Å². The van der Waals surface area contributed by atoms with Crippen LogP contribution < -0.4 is 10.5 Å². The van der Waals surface area contributed by atoms with E-state index in [1.54, 1.807) is 0 Å². The number of ether oxygens (including phenoxy) is 3. The molecule has 3 heterocycles. The molecule has 1 aromatic carbocycles. The van der Waals surface area contributed by atoms with E-state index >= 15 is 0 Å². The zero-order valence-electron chi connectivity index (χ0n) is 32.8. The predicted molar refractivity (Wildman–Crippen MR) is 209 cm³/mol. The molecule has 15 nitrogen and oxygen atoms in total. The number of hydrogen-bond acceptors (Lipinski definition) is 13. The second kappa shape index (κ2) is 23.6. The summed E-state index contributed by atoms with van der Waals surface area (Å²) < 4.78 is 56.1. The van der Waals surface area contributed by atoms with Crippen molar-refractivity contribution < 1.29 is 47.3 Å². The zero-order chi connectivity index (χ0) is 41.1. The van der Waals surface area contributed by atoms with Gasteiger partial charge in [-0.05, 0) is 30.7 Å². The van der Waals surface area contributed by atoms with Gasteiger partial charge in [0.1, 0.15) is 53.9 Å². The van der Waals surface area contributed by atoms with Crippen molar-refractivity contribution in [2.75, 3.05) is 32.2 Å². The maximum atomic E-state index is 14.2. The monoisotopic (exact) mass is 816 g/mol. The van der Waals surface area contributed by atoms with Crippen molar-refractivity contribution in [1.82, 2.24) is 14.6 Å². The molecule has 0 saturated carbocycles. The third-order valence-corrected chi connectivity index (χ3v) is 11.0. The van der Waals surface area contributed by atoms with E-state index in [9.17, 15) is 34.6 Å². The third kappa shape index (κ3) is 14.0. The summed E-state index contributed by atoms with van der Waals surface area (Å²) in [6.45, 7) is 1.26. The van der Waals surface area contributed by atoms with Crippen LogP contribution in [-0.2, 0) is 28.7 Å². The number of nitriles is 2. The average molecular weight is 817 g/mol. The number of nitrogens with two attached hydrogens (primary N) is 1. The van der Waals surface area contributed by atoms with Gasteiger partial charge in [0, 0.05) is 12.7 Å². The minimum atomic E-state index is -4.87. The molecule has 57 heavy (non-hydrogen) atoms. The lowest BCUT2D eigenvalue weighted by atomic mass is 9.92. The largest absolute Gasteiger partial charge is 0.485 e. The van der Waals surface area contributed by atoms with Gasteiger partial charge in [-0.25, -0.2) is 18.5 Å². The van der Waals surface area contributed by atoms with Gasteiger partial charge in [0.15, 0.2) is 5.82 Å². The normalized spacial score (nSPS) is 20.9. The van der Waals surface area contributed by atoms with Crippen molar-refractivity contribution in [3.05, 3.63) is 53.7 Å². The number of benzene rings is 1. The van der Waals surface area contributed by atoms with E-state index in [2.05, 4.69) is 17.0 Å². The summed E-state index contributed by atoms with van der Waals surface area (Å²) in [5, 5.41) is 45.2. The number of unbranched alkanes of at least 4 members (excludes halogenated alkanes) is 15. The lowest BCUT2D eigenvalue weighted by Crippen LogP contribution is -2.41. The van der Waals surface area contributed by atoms with Gasteiger partial charge in [-0.15, -0.1) is 0 Å². The number of phosphoric acid groups is 1. The van der Waals surface area contributed by atoms with Crippen LogP contribution in [0.4, 0.5) is 10.2 Å². The summed E-state index contributed by atoms with van der Waals surface area (Å²) in [6, 6.07) is 10.1. The zero-order valence-corrected chi connectivity index (χ0v) is 33.7.